The molecule has 0 aromatic heterocycles. The van der Waals surface area contributed by atoms with Crippen molar-refractivity contribution in [3.05, 3.63) is 0 Å². The Kier molecular flexibility index (Phi) is 5.81. The number of rotatable bonds is 6. The first-order valence-corrected chi connectivity index (χ1v) is 7.72. The van der Waals surface area contributed by atoms with Gasteiger partial charge in [-0.2, -0.15) is 0 Å². The second kappa shape index (κ2) is 7.38. The summed E-state index contributed by atoms with van der Waals surface area (Å²) in [6, 6.07) is 0.380. The van der Waals surface area contributed by atoms with E-state index in [2.05, 4.69) is 5.32 Å². The Balaban J connectivity index is 1.79. The maximum atomic E-state index is 11.8. The number of hydrogen-bond donors (Lipinski definition) is 1. The van der Waals surface area contributed by atoms with Crippen LogP contribution in [0, 0.1) is 5.92 Å². The van der Waals surface area contributed by atoms with Crippen molar-refractivity contribution < 1.29 is 19.0 Å². The molecule has 1 aliphatic heterocycles. The zero-order chi connectivity index (χ0) is 14.4. The van der Waals surface area contributed by atoms with Gasteiger partial charge in [0.25, 0.3) is 0 Å². The molecule has 20 heavy (non-hydrogen) atoms. The molecule has 0 amide bonds. The average Bonchev–Trinajstić information content (AvgIpc) is 2.95. The molecular formula is C15H27NO4. The van der Waals surface area contributed by atoms with Gasteiger partial charge in [0.2, 0.25) is 0 Å². The Morgan fingerprint density at radius 3 is 2.95 bits per heavy atom. The van der Waals surface area contributed by atoms with Crippen LogP contribution in [-0.2, 0) is 19.0 Å². The van der Waals surface area contributed by atoms with Crippen molar-refractivity contribution in [2.75, 3.05) is 33.5 Å². The van der Waals surface area contributed by atoms with Crippen LogP contribution in [0.15, 0.2) is 0 Å². The number of esters is 1. The lowest BCUT2D eigenvalue weighted by Gasteiger charge is -2.32. The van der Waals surface area contributed by atoms with Crippen molar-refractivity contribution >= 4 is 5.97 Å². The standard InChI is InChI=1S/C15H27NO4/c1-3-20-14(17)12-5-4-6-13(9-12)16-10-15(18-2)7-8-19-11-15/h12-13,16H,3-11H2,1-2H3. The number of hydrogen-bond acceptors (Lipinski definition) is 5. The second-order valence-electron chi connectivity index (χ2n) is 5.88. The Bertz CT molecular complexity index is 315. The number of ether oxygens (including phenoxy) is 3. The van der Waals surface area contributed by atoms with Crippen molar-refractivity contribution in [1.82, 2.24) is 5.32 Å². The van der Waals surface area contributed by atoms with Crippen molar-refractivity contribution in [3.8, 4) is 0 Å². The van der Waals surface area contributed by atoms with E-state index in [1.54, 1.807) is 7.11 Å². The summed E-state index contributed by atoms with van der Waals surface area (Å²) < 4.78 is 16.2. The molecule has 5 heteroatoms. The van der Waals surface area contributed by atoms with Gasteiger partial charge in [0.05, 0.1) is 19.1 Å². The first kappa shape index (κ1) is 15.7. The van der Waals surface area contributed by atoms with Gasteiger partial charge in [-0.15, -0.1) is 0 Å². The first-order chi connectivity index (χ1) is 9.69. The number of carbonyl (C=O) groups is 1. The third-order valence-electron chi connectivity index (χ3n) is 4.51. The predicted octanol–water partition coefficient (Wildman–Crippen LogP) is 1.50. The van der Waals surface area contributed by atoms with Gasteiger partial charge in [-0.05, 0) is 26.2 Å². The highest BCUT2D eigenvalue weighted by Gasteiger charge is 2.36. The molecule has 2 aliphatic rings. The Hall–Kier alpha value is -0.650. The first-order valence-electron chi connectivity index (χ1n) is 7.72. The molecule has 1 heterocycles. The van der Waals surface area contributed by atoms with Crippen LogP contribution in [0.4, 0.5) is 0 Å². The molecule has 0 spiro atoms. The molecule has 1 aliphatic carbocycles. The van der Waals surface area contributed by atoms with Crippen molar-refractivity contribution in [3.63, 3.8) is 0 Å². The summed E-state index contributed by atoms with van der Waals surface area (Å²) in [6.07, 6.45) is 4.97. The van der Waals surface area contributed by atoms with Crippen molar-refractivity contribution in [1.29, 1.82) is 0 Å². The summed E-state index contributed by atoms with van der Waals surface area (Å²) in [6.45, 7) is 4.55. The van der Waals surface area contributed by atoms with Gasteiger partial charge in [0.1, 0.15) is 5.60 Å². The SMILES string of the molecule is CCOC(=O)C1CCCC(NCC2(OC)CCOC2)C1. The second-order valence-corrected chi connectivity index (χ2v) is 5.88. The van der Waals surface area contributed by atoms with Crippen LogP contribution in [-0.4, -0.2) is 51.1 Å². The maximum Gasteiger partial charge on any atom is 0.308 e. The molecule has 1 saturated carbocycles. The summed E-state index contributed by atoms with van der Waals surface area (Å²) in [5, 5.41) is 3.57. The fraction of sp³-hybridized carbons (Fsp3) is 0.933. The minimum Gasteiger partial charge on any atom is -0.466 e. The van der Waals surface area contributed by atoms with E-state index >= 15 is 0 Å². The molecule has 5 nitrogen and oxygen atoms in total. The largest absolute Gasteiger partial charge is 0.466 e. The summed E-state index contributed by atoms with van der Waals surface area (Å²) in [5.41, 5.74) is -0.184. The number of methoxy groups -OCH3 is 1. The van der Waals surface area contributed by atoms with Crippen LogP contribution in [0.5, 0.6) is 0 Å². The molecule has 2 fully saturated rings. The molecule has 0 aromatic rings. The molecule has 0 bridgehead atoms. The molecule has 0 radical (unpaired) electrons. The fourth-order valence-electron chi connectivity index (χ4n) is 3.14. The summed E-state index contributed by atoms with van der Waals surface area (Å²) in [4.78, 5) is 11.8. The fourth-order valence-corrected chi connectivity index (χ4v) is 3.14. The minimum atomic E-state index is -0.184. The summed E-state index contributed by atoms with van der Waals surface area (Å²) in [5.74, 6) is 0.0178. The van der Waals surface area contributed by atoms with Gasteiger partial charge in [-0.3, -0.25) is 4.79 Å². The lowest BCUT2D eigenvalue weighted by atomic mass is 9.85. The minimum absolute atomic E-state index is 0.0374. The monoisotopic (exact) mass is 285 g/mol. The van der Waals surface area contributed by atoms with Crippen LogP contribution in [0.3, 0.4) is 0 Å². The van der Waals surface area contributed by atoms with E-state index in [0.29, 0.717) is 19.3 Å². The van der Waals surface area contributed by atoms with E-state index < -0.39 is 0 Å². The van der Waals surface area contributed by atoms with Crippen molar-refractivity contribution in [2.45, 2.75) is 50.7 Å². The molecule has 2 rings (SSSR count). The van der Waals surface area contributed by atoms with E-state index in [-0.39, 0.29) is 17.5 Å². The molecule has 3 unspecified atom stereocenters. The van der Waals surface area contributed by atoms with E-state index in [1.807, 2.05) is 6.92 Å². The molecule has 1 N–H and O–H groups in total. The molecule has 1 saturated heterocycles. The van der Waals surface area contributed by atoms with E-state index in [4.69, 9.17) is 14.2 Å². The Morgan fingerprint density at radius 2 is 2.30 bits per heavy atom. The lowest BCUT2D eigenvalue weighted by Crippen LogP contribution is -2.48. The topological polar surface area (TPSA) is 56.8 Å². The highest BCUT2D eigenvalue weighted by Crippen LogP contribution is 2.27. The zero-order valence-corrected chi connectivity index (χ0v) is 12.7. The van der Waals surface area contributed by atoms with Gasteiger partial charge >= 0.3 is 5.97 Å². The summed E-state index contributed by atoms with van der Waals surface area (Å²) in [7, 11) is 1.75. The van der Waals surface area contributed by atoms with Crippen LogP contribution >= 0.6 is 0 Å². The normalized spacial score (nSPS) is 34.1. The third-order valence-corrected chi connectivity index (χ3v) is 4.51. The highest BCUT2D eigenvalue weighted by molar-refractivity contribution is 5.72. The average molecular weight is 285 g/mol. The third kappa shape index (κ3) is 3.93. The van der Waals surface area contributed by atoms with Gasteiger partial charge in [-0.1, -0.05) is 6.42 Å². The Morgan fingerprint density at radius 1 is 1.45 bits per heavy atom. The van der Waals surface area contributed by atoms with Gasteiger partial charge in [0.15, 0.2) is 0 Å². The lowest BCUT2D eigenvalue weighted by molar-refractivity contribution is -0.149. The Labute approximate surface area is 121 Å². The van der Waals surface area contributed by atoms with Gasteiger partial charge in [-0.25, -0.2) is 0 Å². The molecule has 3 atom stereocenters. The number of nitrogens with one attached hydrogen (secondary N) is 1. The zero-order valence-electron chi connectivity index (χ0n) is 12.7. The number of carbonyl (C=O) groups excluding carboxylic acids is 1. The van der Waals surface area contributed by atoms with E-state index in [0.717, 1.165) is 45.3 Å². The van der Waals surface area contributed by atoms with Crippen LogP contribution in [0.25, 0.3) is 0 Å². The van der Waals surface area contributed by atoms with Gasteiger partial charge in [0, 0.05) is 32.7 Å². The molecule has 0 aromatic carbocycles. The quantitative estimate of drug-likeness (QED) is 0.750. The van der Waals surface area contributed by atoms with E-state index in [1.165, 1.54) is 0 Å². The highest BCUT2D eigenvalue weighted by atomic mass is 16.5. The maximum absolute atomic E-state index is 11.8. The van der Waals surface area contributed by atoms with Crippen LogP contribution < -0.4 is 5.32 Å². The predicted molar refractivity (Wildman–Crippen MR) is 75.6 cm³/mol. The van der Waals surface area contributed by atoms with Crippen LogP contribution in [0.2, 0.25) is 0 Å². The van der Waals surface area contributed by atoms with E-state index in [9.17, 15) is 4.79 Å². The van der Waals surface area contributed by atoms with Gasteiger partial charge < -0.3 is 19.5 Å². The van der Waals surface area contributed by atoms with Crippen LogP contribution in [0.1, 0.15) is 39.0 Å². The van der Waals surface area contributed by atoms with Crippen molar-refractivity contribution in [2.24, 2.45) is 5.92 Å². The summed E-state index contributed by atoms with van der Waals surface area (Å²) >= 11 is 0. The molecular weight excluding hydrogens is 258 g/mol. The molecule has 116 valence electrons. The smallest absolute Gasteiger partial charge is 0.308 e.